The van der Waals surface area contributed by atoms with E-state index >= 15 is 0 Å². The van der Waals surface area contributed by atoms with E-state index in [0.29, 0.717) is 5.88 Å². The minimum atomic E-state index is 0.613. The number of hydrogen-bond acceptors (Lipinski definition) is 1. The molecule has 0 heterocycles. The smallest absolute Gasteiger partial charge is 0.0650 e. The lowest BCUT2D eigenvalue weighted by Crippen LogP contribution is -1.95. The van der Waals surface area contributed by atoms with Crippen LogP contribution in [-0.4, -0.2) is 19.1 Å². The molecule has 2 heteroatoms. The fourth-order valence-electron chi connectivity index (χ4n) is 2.74. The van der Waals surface area contributed by atoms with Gasteiger partial charge in [0.1, 0.15) is 0 Å². The summed E-state index contributed by atoms with van der Waals surface area (Å²) in [6.45, 7) is 5.94. The number of unbranched alkanes of at least 4 members (excludes halogenated alkanes) is 13. The van der Waals surface area contributed by atoms with Gasteiger partial charge in [0.25, 0.3) is 0 Å². The van der Waals surface area contributed by atoms with Crippen LogP contribution in [0, 0.1) is 0 Å². The van der Waals surface area contributed by atoms with E-state index in [0.717, 1.165) is 13.2 Å². The Hall–Kier alpha value is -0.0100. The summed E-state index contributed by atoms with van der Waals surface area (Å²) in [6, 6.07) is 0. The van der Waals surface area contributed by atoms with Crippen molar-refractivity contribution < 1.29 is 4.74 Å². The van der Waals surface area contributed by atoms with Crippen LogP contribution >= 0.6 is 11.6 Å². The van der Waals surface area contributed by atoms with Gasteiger partial charge in [-0.15, -0.1) is 11.6 Å². The van der Waals surface area contributed by atoms with Crippen molar-refractivity contribution in [2.24, 2.45) is 0 Å². The Labute approximate surface area is 151 Å². The zero-order chi connectivity index (χ0) is 17.0. The quantitative estimate of drug-likeness (QED) is 0.141. The average Bonchev–Trinajstić information content (AvgIpc) is 2.57. The molecule has 0 N–H and O–H groups in total. The van der Waals surface area contributed by atoms with Crippen LogP contribution < -0.4 is 0 Å². The van der Waals surface area contributed by atoms with E-state index in [1.165, 1.54) is 95.5 Å². The lowest BCUT2D eigenvalue weighted by Gasteiger charge is -2.04. The first kappa shape index (κ1) is 23.0. The summed E-state index contributed by atoms with van der Waals surface area (Å²) in [5.74, 6) is 0.613. The van der Waals surface area contributed by atoms with Crippen LogP contribution in [0.4, 0.5) is 0 Å². The van der Waals surface area contributed by atoms with Crippen LogP contribution in [0.25, 0.3) is 0 Å². The Kier molecular flexibility index (Phi) is 20.0. The molecule has 0 rings (SSSR count). The Bertz CT molecular complexity index is 250. The number of allylic oxidation sites excluding steroid dienone is 1. The molecule has 0 spiro atoms. The van der Waals surface area contributed by atoms with Crippen LogP contribution in [0.5, 0.6) is 0 Å². The molecular weight excluding hydrogens is 304 g/mol. The number of ether oxygens (including phenoxy) is 1. The van der Waals surface area contributed by atoms with Gasteiger partial charge in [-0.2, -0.15) is 0 Å². The van der Waals surface area contributed by atoms with Crippen molar-refractivity contribution in [3.05, 3.63) is 11.6 Å². The summed E-state index contributed by atoms with van der Waals surface area (Å²) in [4.78, 5) is 0. The highest BCUT2D eigenvalue weighted by atomic mass is 35.5. The van der Waals surface area contributed by atoms with Gasteiger partial charge in [-0.3, -0.25) is 0 Å². The van der Waals surface area contributed by atoms with Gasteiger partial charge < -0.3 is 4.74 Å². The van der Waals surface area contributed by atoms with Crippen molar-refractivity contribution in [2.75, 3.05) is 19.1 Å². The molecule has 0 aliphatic carbocycles. The summed E-state index contributed by atoms with van der Waals surface area (Å²) in [6.07, 6.45) is 21.7. The molecule has 0 saturated carbocycles. The zero-order valence-electron chi connectivity index (χ0n) is 15.9. The molecule has 0 atom stereocenters. The lowest BCUT2D eigenvalue weighted by atomic mass is 10.0. The molecule has 0 saturated heterocycles. The third kappa shape index (κ3) is 19.9. The molecule has 1 nitrogen and oxygen atoms in total. The minimum absolute atomic E-state index is 0.613. The molecule has 0 amide bonds. The van der Waals surface area contributed by atoms with Gasteiger partial charge >= 0.3 is 0 Å². The van der Waals surface area contributed by atoms with E-state index in [-0.39, 0.29) is 0 Å². The molecule has 0 bridgehead atoms. The molecule has 23 heavy (non-hydrogen) atoms. The summed E-state index contributed by atoms with van der Waals surface area (Å²) >= 11 is 5.70. The zero-order valence-corrected chi connectivity index (χ0v) is 16.6. The van der Waals surface area contributed by atoms with Gasteiger partial charge in [0.2, 0.25) is 0 Å². The van der Waals surface area contributed by atoms with Crippen molar-refractivity contribution in [3.8, 4) is 0 Å². The Morgan fingerprint density at radius 3 is 1.61 bits per heavy atom. The van der Waals surface area contributed by atoms with E-state index in [4.69, 9.17) is 16.3 Å². The first-order chi connectivity index (χ1) is 11.3. The average molecular weight is 345 g/mol. The molecule has 0 aromatic heterocycles. The van der Waals surface area contributed by atoms with Gasteiger partial charge in [0, 0.05) is 12.5 Å². The summed E-state index contributed by atoms with van der Waals surface area (Å²) < 4.78 is 5.58. The van der Waals surface area contributed by atoms with E-state index < -0.39 is 0 Å². The molecule has 0 aliphatic rings. The van der Waals surface area contributed by atoms with Gasteiger partial charge in [-0.05, 0) is 13.3 Å². The fourth-order valence-corrected chi connectivity index (χ4v) is 2.85. The van der Waals surface area contributed by atoms with Crippen molar-refractivity contribution in [1.82, 2.24) is 0 Å². The van der Waals surface area contributed by atoms with Gasteiger partial charge in [0.05, 0.1) is 6.61 Å². The van der Waals surface area contributed by atoms with Crippen LogP contribution in [0.15, 0.2) is 11.6 Å². The summed E-state index contributed by atoms with van der Waals surface area (Å²) in [5.41, 5.74) is 1.20. The van der Waals surface area contributed by atoms with Crippen molar-refractivity contribution >= 4 is 11.6 Å². The van der Waals surface area contributed by atoms with E-state index in [1.54, 1.807) is 0 Å². The van der Waals surface area contributed by atoms with Crippen LogP contribution in [0.3, 0.4) is 0 Å². The van der Waals surface area contributed by atoms with E-state index in [2.05, 4.69) is 13.0 Å². The molecule has 0 radical (unpaired) electrons. The maximum absolute atomic E-state index is 5.70. The molecule has 0 unspecified atom stereocenters. The molecule has 138 valence electrons. The lowest BCUT2D eigenvalue weighted by molar-refractivity contribution is 0.156. The molecular formula is C21H41ClO. The predicted molar refractivity (Wildman–Crippen MR) is 106 cm³/mol. The van der Waals surface area contributed by atoms with Crippen LogP contribution in [0.1, 0.15) is 104 Å². The largest absolute Gasteiger partial charge is 0.377 e. The highest BCUT2D eigenvalue weighted by Gasteiger charge is 1.94. The summed E-state index contributed by atoms with van der Waals surface area (Å²) in [7, 11) is 0. The second-order valence-electron chi connectivity index (χ2n) is 6.86. The van der Waals surface area contributed by atoms with E-state index in [9.17, 15) is 0 Å². The second-order valence-corrected chi connectivity index (χ2v) is 7.12. The maximum Gasteiger partial charge on any atom is 0.0650 e. The fraction of sp³-hybridized carbons (Fsp3) is 0.905. The minimum Gasteiger partial charge on any atom is -0.377 e. The SMILES string of the molecule is CCCCCCCCCCCCCCCCOC/C=C(\C)CCl. The molecule has 0 aromatic rings. The van der Waals surface area contributed by atoms with Gasteiger partial charge in [0.15, 0.2) is 0 Å². The summed E-state index contributed by atoms with van der Waals surface area (Å²) in [5, 5.41) is 0. The standard InChI is InChI=1S/C21H41ClO/c1-3-4-5-6-7-8-9-10-11-12-13-14-15-16-18-23-19-17-21(2)20-22/h17H,3-16,18-20H2,1-2H3/b21-17+. The van der Waals surface area contributed by atoms with Gasteiger partial charge in [-0.25, -0.2) is 0 Å². The Morgan fingerprint density at radius 2 is 1.17 bits per heavy atom. The van der Waals surface area contributed by atoms with Crippen LogP contribution in [-0.2, 0) is 4.74 Å². The first-order valence-electron chi connectivity index (χ1n) is 10.1. The Morgan fingerprint density at radius 1 is 0.739 bits per heavy atom. The van der Waals surface area contributed by atoms with Crippen molar-refractivity contribution in [2.45, 2.75) is 104 Å². The second kappa shape index (κ2) is 20.0. The first-order valence-corrected chi connectivity index (χ1v) is 10.6. The number of rotatable bonds is 18. The van der Waals surface area contributed by atoms with Crippen LogP contribution in [0.2, 0.25) is 0 Å². The maximum atomic E-state index is 5.70. The number of halogens is 1. The van der Waals surface area contributed by atoms with Crippen molar-refractivity contribution in [1.29, 1.82) is 0 Å². The number of hydrogen-bond donors (Lipinski definition) is 0. The highest BCUT2D eigenvalue weighted by molar-refractivity contribution is 6.19. The topological polar surface area (TPSA) is 9.23 Å². The third-order valence-electron chi connectivity index (χ3n) is 4.40. The molecule has 0 aromatic carbocycles. The number of alkyl halides is 1. The normalized spacial score (nSPS) is 12.0. The van der Waals surface area contributed by atoms with Gasteiger partial charge in [-0.1, -0.05) is 102 Å². The third-order valence-corrected chi connectivity index (χ3v) is 4.82. The Balaban J connectivity index is 3.03. The monoisotopic (exact) mass is 344 g/mol. The van der Waals surface area contributed by atoms with Crippen molar-refractivity contribution in [3.63, 3.8) is 0 Å². The molecule has 0 aliphatic heterocycles. The highest BCUT2D eigenvalue weighted by Crippen LogP contribution is 2.12. The van der Waals surface area contributed by atoms with E-state index in [1.807, 2.05) is 6.92 Å². The molecule has 0 fully saturated rings. The predicted octanol–water partition coefficient (Wildman–Crippen LogP) is 7.67.